The molecule has 1 aromatic rings. The number of rotatable bonds is 6. The van der Waals surface area contributed by atoms with Gasteiger partial charge in [-0.2, -0.15) is 0 Å². The Morgan fingerprint density at radius 2 is 1.88 bits per heavy atom. The highest BCUT2D eigenvalue weighted by molar-refractivity contribution is 5.56. The molecule has 4 heteroatoms. The maximum atomic E-state index is 5.94. The summed E-state index contributed by atoms with van der Waals surface area (Å²) in [5, 5.41) is 0. The lowest BCUT2D eigenvalue weighted by atomic mass is 10.2. The Balaban J connectivity index is 2.95. The number of nitrogens with zero attached hydrogens (tertiary/aromatic N) is 3. The van der Waals surface area contributed by atoms with Crippen LogP contribution in [0.15, 0.2) is 0 Å². The Labute approximate surface area is 104 Å². The molecule has 96 valence electrons. The van der Waals surface area contributed by atoms with E-state index in [0.717, 1.165) is 36.6 Å². The van der Waals surface area contributed by atoms with Gasteiger partial charge in [0.15, 0.2) is 0 Å². The van der Waals surface area contributed by atoms with Gasteiger partial charge < -0.3 is 10.6 Å². The van der Waals surface area contributed by atoms with Crippen LogP contribution in [0.5, 0.6) is 0 Å². The first-order valence-corrected chi connectivity index (χ1v) is 6.44. The van der Waals surface area contributed by atoms with Crippen LogP contribution in [0.25, 0.3) is 0 Å². The van der Waals surface area contributed by atoms with Crippen LogP contribution in [0.1, 0.15) is 44.5 Å². The van der Waals surface area contributed by atoms with Crippen LogP contribution in [0.2, 0.25) is 0 Å². The van der Waals surface area contributed by atoms with Gasteiger partial charge >= 0.3 is 0 Å². The van der Waals surface area contributed by atoms with Crippen LogP contribution in [-0.2, 0) is 6.42 Å². The zero-order chi connectivity index (χ0) is 12.8. The van der Waals surface area contributed by atoms with E-state index in [-0.39, 0.29) is 0 Å². The second-order valence-electron chi connectivity index (χ2n) is 4.50. The SMILES string of the molecule is CCCCN(C)c1nc(CCC)nc(N)c1C. The third-order valence-corrected chi connectivity index (χ3v) is 2.89. The normalized spacial score (nSPS) is 10.6. The van der Waals surface area contributed by atoms with E-state index in [1.54, 1.807) is 0 Å². The van der Waals surface area contributed by atoms with Gasteiger partial charge in [-0.25, -0.2) is 9.97 Å². The maximum absolute atomic E-state index is 5.94. The topological polar surface area (TPSA) is 55.0 Å². The predicted molar refractivity (Wildman–Crippen MR) is 73.4 cm³/mol. The van der Waals surface area contributed by atoms with E-state index < -0.39 is 0 Å². The Morgan fingerprint density at radius 3 is 2.47 bits per heavy atom. The van der Waals surface area contributed by atoms with Gasteiger partial charge in [-0.1, -0.05) is 20.3 Å². The lowest BCUT2D eigenvalue weighted by Gasteiger charge is -2.21. The lowest BCUT2D eigenvalue weighted by Crippen LogP contribution is -2.22. The van der Waals surface area contributed by atoms with Crippen LogP contribution < -0.4 is 10.6 Å². The molecule has 0 saturated carbocycles. The fourth-order valence-electron chi connectivity index (χ4n) is 1.78. The molecule has 0 aliphatic rings. The Bertz CT molecular complexity index is 363. The van der Waals surface area contributed by atoms with Crippen molar-refractivity contribution in [3.63, 3.8) is 0 Å². The molecule has 17 heavy (non-hydrogen) atoms. The number of anilines is 2. The van der Waals surface area contributed by atoms with Gasteiger partial charge in [-0.05, 0) is 19.8 Å². The molecule has 0 amide bonds. The summed E-state index contributed by atoms with van der Waals surface area (Å²) in [4.78, 5) is 11.1. The molecular weight excluding hydrogens is 212 g/mol. The molecule has 0 atom stereocenters. The number of nitrogen functional groups attached to an aromatic ring is 1. The highest BCUT2D eigenvalue weighted by Crippen LogP contribution is 2.21. The van der Waals surface area contributed by atoms with Gasteiger partial charge in [0.05, 0.1) is 0 Å². The van der Waals surface area contributed by atoms with Crippen LogP contribution in [0.4, 0.5) is 11.6 Å². The molecule has 0 aliphatic heterocycles. The molecule has 0 fully saturated rings. The van der Waals surface area contributed by atoms with Gasteiger partial charge in [0.2, 0.25) is 0 Å². The zero-order valence-electron chi connectivity index (χ0n) is 11.5. The molecule has 0 saturated heterocycles. The van der Waals surface area contributed by atoms with Crippen LogP contribution in [0, 0.1) is 6.92 Å². The molecule has 0 bridgehead atoms. The van der Waals surface area contributed by atoms with Gasteiger partial charge in [0, 0.05) is 25.6 Å². The molecule has 4 nitrogen and oxygen atoms in total. The monoisotopic (exact) mass is 236 g/mol. The van der Waals surface area contributed by atoms with Crippen molar-refractivity contribution in [3.05, 3.63) is 11.4 Å². The molecule has 0 spiro atoms. The average Bonchev–Trinajstić information content (AvgIpc) is 2.30. The highest BCUT2D eigenvalue weighted by Gasteiger charge is 2.11. The standard InChI is InChI=1S/C13H24N4/c1-5-7-9-17(4)13-10(3)12(14)15-11(16-13)8-6-2/h5-9H2,1-4H3,(H2,14,15,16). The van der Waals surface area contributed by atoms with E-state index >= 15 is 0 Å². The van der Waals surface area contributed by atoms with Gasteiger partial charge in [-0.3, -0.25) is 0 Å². The minimum Gasteiger partial charge on any atom is -0.383 e. The first-order valence-electron chi connectivity index (χ1n) is 6.44. The summed E-state index contributed by atoms with van der Waals surface area (Å²) in [6.07, 6.45) is 4.29. The third-order valence-electron chi connectivity index (χ3n) is 2.89. The maximum Gasteiger partial charge on any atom is 0.137 e. The Kier molecular flexibility index (Phi) is 5.19. The van der Waals surface area contributed by atoms with E-state index in [0.29, 0.717) is 5.82 Å². The number of nitrogens with two attached hydrogens (primary N) is 1. The molecule has 1 heterocycles. The zero-order valence-corrected chi connectivity index (χ0v) is 11.5. The first kappa shape index (κ1) is 13.7. The van der Waals surface area contributed by atoms with E-state index in [1.165, 1.54) is 12.8 Å². The summed E-state index contributed by atoms with van der Waals surface area (Å²) in [6, 6.07) is 0. The summed E-state index contributed by atoms with van der Waals surface area (Å²) in [5.41, 5.74) is 6.93. The van der Waals surface area contributed by atoms with Gasteiger partial charge in [0.1, 0.15) is 17.5 Å². The summed E-state index contributed by atoms with van der Waals surface area (Å²) >= 11 is 0. The number of aryl methyl sites for hydroxylation is 1. The van der Waals surface area contributed by atoms with Crippen molar-refractivity contribution in [3.8, 4) is 0 Å². The van der Waals surface area contributed by atoms with Crippen LogP contribution >= 0.6 is 0 Å². The van der Waals surface area contributed by atoms with Crippen LogP contribution in [-0.4, -0.2) is 23.6 Å². The molecule has 1 aromatic heterocycles. The van der Waals surface area contributed by atoms with Gasteiger partial charge in [0.25, 0.3) is 0 Å². The molecule has 0 unspecified atom stereocenters. The fraction of sp³-hybridized carbons (Fsp3) is 0.692. The second-order valence-corrected chi connectivity index (χ2v) is 4.50. The smallest absolute Gasteiger partial charge is 0.137 e. The van der Waals surface area contributed by atoms with Crippen molar-refractivity contribution in [1.82, 2.24) is 9.97 Å². The van der Waals surface area contributed by atoms with E-state index in [9.17, 15) is 0 Å². The fourth-order valence-corrected chi connectivity index (χ4v) is 1.78. The first-order chi connectivity index (χ1) is 8.10. The van der Waals surface area contributed by atoms with Crippen molar-refractivity contribution in [2.75, 3.05) is 24.2 Å². The Hall–Kier alpha value is -1.32. The largest absolute Gasteiger partial charge is 0.383 e. The number of aromatic nitrogens is 2. The molecule has 0 radical (unpaired) electrons. The molecule has 0 aliphatic carbocycles. The number of unbranched alkanes of at least 4 members (excludes halogenated alkanes) is 1. The summed E-state index contributed by atoms with van der Waals surface area (Å²) in [5.74, 6) is 2.45. The quantitative estimate of drug-likeness (QED) is 0.824. The molecule has 2 N–H and O–H groups in total. The number of hydrogen-bond donors (Lipinski definition) is 1. The minimum absolute atomic E-state index is 0.613. The average molecular weight is 236 g/mol. The van der Waals surface area contributed by atoms with Crippen molar-refractivity contribution in [1.29, 1.82) is 0 Å². The minimum atomic E-state index is 0.613. The lowest BCUT2D eigenvalue weighted by molar-refractivity contribution is 0.747. The molecule has 0 aromatic carbocycles. The van der Waals surface area contributed by atoms with E-state index in [4.69, 9.17) is 5.73 Å². The third kappa shape index (κ3) is 3.58. The summed E-state index contributed by atoms with van der Waals surface area (Å²) < 4.78 is 0. The highest BCUT2D eigenvalue weighted by atomic mass is 15.2. The summed E-state index contributed by atoms with van der Waals surface area (Å²) in [7, 11) is 2.07. The Morgan fingerprint density at radius 1 is 1.18 bits per heavy atom. The van der Waals surface area contributed by atoms with Gasteiger partial charge in [-0.15, -0.1) is 0 Å². The molecule has 1 rings (SSSR count). The predicted octanol–water partition coefficient (Wildman–Crippen LogP) is 2.56. The van der Waals surface area contributed by atoms with Crippen LogP contribution in [0.3, 0.4) is 0 Å². The molecular formula is C13H24N4. The van der Waals surface area contributed by atoms with Crippen molar-refractivity contribution in [2.24, 2.45) is 0 Å². The number of hydrogen-bond acceptors (Lipinski definition) is 4. The summed E-state index contributed by atoms with van der Waals surface area (Å²) in [6.45, 7) is 7.32. The second kappa shape index (κ2) is 6.42. The van der Waals surface area contributed by atoms with E-state index in [2.05, 4.69) is 35.8 Å². The van der Waals surface area contributed by atoms with Crippen molar-refractivity contribution in [2.45, 2.75) is 46.5 Å². The van der Waals surface area contributed by atoms with Crippen molar-refractivity contribution >= 4 is 11.6 Å². The van der Waals surface area contributed by atoms with E-state index in [1.807, 2.05) is 6.92 Å². The van der Waals surface area contributed by atoms with Crippen molar-refractivity contribution < 1.29 is 0 Å².